The van der Waals surface area contributed by atoms with Crippen molar-refractivity contribution >= 4 is 67.9 Å². The van der Waals surface area contributed by atoms with Crippen LogP contribution in [0.2, 0.25) is 0 Å². The van der Waals surface area contributed by atoms with Crippen LogP contribution in [0.1, 0.15) is 52.1 Å². The molecule has 0 spiro atoms. The highest BCUT2D eigenvalue weighted by Gasteiger charge is 2.24. The molecule has 1 atom stereocenters. The molecule has 0 aliphatic heterocycles. The average molecular weight is 713 g/mol. The predicted molar refractivity (Wildman–Crippen MR) is 207 cm³/mol. The summed E-state index contributed by atoms with van der Waals surface area (Å²) in [5, 5.41) is 8.62. The van der Waals surface area contributed by atoms with Crippen molar-refractivity contribution < 1.29 is 19.1 Å². The zero-order chi connectivity index (χ0) is 35.7. The summed E-state index contributed by atoms with van der Waals surface area (Å²) in [6.07, 6.45) is 1.66. The number of anilines is 2. The summed E-state index contributed by atoms with van der Waals surface area (Å²) in [5.74, 6) is -0.0409. The SMILES string of the molecule is COc1ccc2nc(NC(=O)C(Sc3cccc(NC(=O)/C(=C\c4ccc(C(C)C)cc4)NC(=O)c4ccccc4)c3)c3ccccc3)sc2c1. The van der Waals surface area contributed by atoms with E-state index in [1.54, 1.807) is 43.5 Å². The Hall–Kier alpha value is -5.71. The summed E-state index contributed by atoms with van der Waals surface area (Å²) in [6, 6.07) is 39.0. The first-order valence-electron chi connectivity index (χ1n) is 16.3. The molecule has 0 aliphatic carbocycles. The fourth-order valence-electron chi connectivity index (χ4n) is 5.22. The van der Waals surface area contributed by atoms with Crippen molar-refractivity contribution in [2.45, 2.75) is 29.9 Å². The first-order valence-corrected chi connectivity index (χ1v) is 18.0. The van der Waals surface area contributed by atoms with Crippen LogP contribution in [0.5, 0.6) is 5.75 Å². The minimum atomic E-state index is -0.617. The molecule has 51 heavy (non-hydrogen) atoms. The third kappa shape index (κ3) is 9.10. The van der Waals surface area contributed by atoms with Crippen LogP contribution in [0.25, 0.3) is 16.3 Å². The maximum absolute atomic E-state index is 13.8. The number of methoxy groups -OCH3 is 1. The number of carbonyl (C=O) groups is 3. The molecule has 10 heteroatoms. The predicted octanol–water partition coefficient (Wildman–Crippen LogP) is 9.31. The second-order valence-corrected chi connectivity index (χ2v) is 14.1. The Morgan fingerprint density at radius 1 is 0.784 bits per heavy atom. The van der Waals surface area contributed by atoms with Gasteiger partial charge in [-0.15, -0.1) is 11.8 Å². The number of aromatic nitrogens is 1. The Bertz CT molecular complexity index is 2180. The monoisotopic (exact) mass is 712 g/mol. The smallest absolute Gasteiger partial charge is 0.272 e. The highest BCUT2D eigenvalue weighted by atomic mass is 32.2. The van der Waals surface area contributed by atoms with E-state index in [4.69, 9.17) is 4.74 Å². The van der Waals surface area contributed by atoms with E-state index in [9.17, 15) is 14.4 Å². The standard InChI is InChI=1S/C41H36N4O4S2/c1-26(2)28-19-17-27(18-20-28)23-35(43-38(46)30-13-8-5-9-14-30)39(47)42-31-15-10-16-33(24-31)50-37(29-11-6-4-7-12-29)40(48)45-41-44-34-22-21-32(49-3)25-36(34)51-41/h4-26,37H,1-3H3,(H,42,47)(H,43,46)(H,44,45,48)/b35-23+. The van der Waals surface area contributed by atoms with Crippen molar-refractivity contribution in [1.29, 1.82) is 0 Å². The van der Waals surface area contributed by atoms with E-state index in [2.05, 4.69) is 34.8 Å². The van der Waals surface area contributed by atoms with Gasteiger partial charge >= 0.3 is 0 Å². The Morgan fingerprint density at radius 3 is 2.22 bits per heavy atom. The van der Waals surface area contributed by atoms with Crippen LogP contribution in [0.4, 0.5) is 10.8 Å². The van der Waals surface area contributed by atoms with Crippen molar-refractivity contribution in [3.05, 3.63) is 155 Å². The molecule has 0 saturated heterocycles. The number of ether oxygens (including phenoxy) is 1. The molecule has 1 heterocycles. The van der Waals surface area contributed by atoms with E-state index in [1.165, 1.54) is 28.7 Å². The molecule has 6 aromatic rings. The third-order valence-electron chi connectivity index (χ3n) is 7.95. The Kier molecular flexibility index (Phi) is 11.2. The van der Waals surface area contributed by atoms with E-state index in [1.807, 2.05) is 97.1 Å². The molecular weight excluding hydrogens is 677 g/mol. The highest BCUT2D eigenvalue weighted by molar-refractivity contribution is 8.00. The highest BCUT2D eigenvalue weighted by Crippen LogP contribution is 2.38. The number of carbonyl (C=O) groups excluding carboxylic acids is 3. The second-order valence-electron chi connectivity index (χ2n) is 11.9. The minimum Gasteiger partial charge on any atom is -0.497 e. The van der Waals surface area contributed by atoms with Gasteiger partial charge in [-0.05, 0) is 77.2 Å². The average Bonchev–Trinajstić information content (AvgIpc) is 3.56. The van der Waals surface area contributed by atoms with Gasteiger partial charge in [-0.1, -0.05) is 104 Å². The summed E-state index contributed by atoms with van der Waals surface area (Å²) < 4.78 is 6.24. The van der Waals surface area contributed by atoms with Crippen molar-refractivity contribution in [3.63, 3.8) is 0 Å². The molecule has 256 valence electrons. The van der Waals surface area contributed by atoms with Gasteiger partial charge in [0, 0.05) is 16.1 Å². The van der Waals surface area contributed by atoms with Gasteiger partial charge in [-0.25, -0.2) is 4.98 Å². The second kappa shape index (κ2) is 16.3. The molecule has 6 rings (SSSR count). The largest absolute Gasteiger partial charge is 0.497 e. The number of hydrogen-bond acceptors (Lipinski definition) is 7. The Labute approximate surface area is 305 Å². The number of amides is 3. The summed E-state index contributed by atoms with van der Waals surface area (Å²) in [4.78, 5) is 46.1. The lowest BCUT2D eigenvalue weighted by atomic mass is 10.0. The van der Waals surface area contributed by atoms with Crippen molar-refractivity contribution in [2.24, 2.45) is 0 Å². The fourth-order valence-corrected chi connectivity index (χ4v) is 7.21. The quantitative estimate of drug-likeness (QED) is 0.0862. The third-order valence-corrected chi connectivity index (χ3v) is 10.1. The van der Waals surface area contributed by atoms with Gasteiger partial charge in [0.2, 0.25) is 5.91 Å². The fraction of sp³-hybridized carbons (Fsp3) is 0.122. The number of nitrogens with one attached hydrogen (secondary N) is 3. The zero-order valence-electron chi connectivity index (χ0n) is 28.3. The van der Waals surface area contributed by atoms with Crippen LogP contribution in [0.15, 0.2) is 138 Å². The van der Waals surface area contributed by atoms with Gasteiger partial charge in [0.25, 0.3) is 11.8 Å². The molecule has 1 unspecified atom stereocenters. The maximum Gasteiger partial charge on any atom is 0.272 e. The first-order chi connectivity index (χ1) is 24.7. The van der Waals surface area contributed by atoms with Crippen LogP contribution in [0, 0.1) is 0 Å². The van der Waals surface area contributed by atoms with Crippen molar-refractivity contribution in [3.8, 4) is 5.75 Å². The summed E-state index contributed by atoms with van der Waals surface area (Å²) in [6.45, 7) is 4.23. The van der Waals surface area contributed by atoms with Crippen LogP contribution in [-0.2, 0) is 9.59 Å². The van der Waals surface area contributed by atoms with Gasteiger partial charge in [0.1, 0.15) is 16.7 Å². The van der Waals surface area contributed by atoms with Crippen LogP contribution < -0.4 is 20.7 Å². The van der Waals surface area contributed by atoms with Crippen LogP contribution in [0.3, 0.4) is 0 Å². The van der Waals surface area contributed by atoms with Gasteiger partial charge < -0.3 is 20.7 Å². The topological polar surface area (TPSA) is 109 Å². The van der Waals surface area contributed by atoms with Gasteiger partial charge in [-0.2, -0.15) is 0 Å². The lowest BCUT2D eigenvalue weighted by Crippen LogP contribution is -2.30. The number of thiazole rings is 1. The zero-order valence-corrected chi connectivity index (χ0v) is 29.9. The number of hydrogen-bond donors (Lipinski definition) is 3. The Morgan fingerprint density at radius 2 is 1.51 bits per heavy atom. The number of benzene rings is 5. The summed E-state index contributed by atoms with van der Waals surface area (Å²) in [5.41, 5.74) is 4.55. The van der Waals surface area contributed by atoms with E-state index in [-0.39, 0.29) is 11.6 Å². The minimum absolute atomic E-state index is 0.0919. The maximum atomic E-state index is 13.8. The molecule has 1 aromatic heterocycles. The lowest BCUT2D eigenvalue weighted by molar-refractivity contribution is -0.116. The first kappa shape index (κ1) is 35.1. The Balaban J connectivity index is 1.23. The lowest BCUT2D eigenvalue weighted by Gasteiger charge is -2.17. The molecule has 3 N–H and O–H groups in total. The van der Waals surface area contributed by atoms with Gasteiger partial charge in [0.15, 0.2) is 5.13 Å². The number of rotatable bonds is 12. The molecule has 0 radical (unpaired) electrons. The van der Waals surface area contributed by atoms with Crippen LogP contribution in [-0.4, -0.2) is 29.8 Å². The van der Waals surface area contributed by atoms with Gasteiger partial charge in [-0.3, -0.25) is 14.4 Å². The van der Waals surface area contributed by atoms with Crippen molar-refractivity contribution in [1.82, 2.24) is 10.3 Å². The molecule has 8 nitrogen and oxygen atoms in total. The molecule has 0 saturated carbocycles. The normalized spacial score (nSPS) is 12.0. The summed E-state index contributed by atoms with van der Waals surface area (Å²) >= 11 is 2.73. The molecule has 5 aromatic carbocycles. The number of fused-ring (bicyclic) bond motifs is 1. The number of nitrogens with zero attached hydrogens (tertiary/aromatic N) is 1. The summed E-state index contributed by atoms with van der Waals surface area (Å²) in [7, 11) is 1.61. The van der Waals surface area contributed by atoms with Crippen LogP contribution >= 0.6 is 23.1 Å². The van der Waals surface area contributed by atoms with E-state index in [0.29, 0.717) is 22.3 Å². The molecule has 0 bridgehead atoms. The van der Waals surface area contributed by atoms with Crippen molar-refractivity contribution in [2.75, 3.05) is 17.7 Å². The van der Waals surface area contributed by atoms with E-state index in [0.717, 1.165) is 32.0 Å². The van der Waals surface area contributed by atoms with E-state index >= 15 is 0 Å². The van der Waals surface area contributed by atoms with Gasteiger partial charge in [0.05, 0.1) is 17.3 Å². The number of thioether (sulfide) groups is 1. The molecule has 0 fully saturated rings. The molecule has 0 aliphatic rings. The van der Waals surface area contributed by atoms with E-state index < -0.39 is 17.1 Å². The molecular formula is C41H36N4O4S2. The molecule has 3 amide bonds.